The number of rotatable bonds is 6. The van der Waals surface area contributed by atoms with Crippen LogP contribution in [0.25, 0.3) is 0 Å². The Morgan fingerprint density at radius 3 is 2.67 bits per heavy atom. The quantitative estimate of drug-likeness (QED) is 0.733. The molecule has 2 unspecified atom stereocenters. The summed E-state index contributed by atoms with van der Waals surface area (Å²) in [5.41, 5.74) is 0.858. The normalized spacial score (nSPS) is 22.4. The summed E-state index contributed by atoms with van der Waals surface area (Å²) in [7, 11) is 1.49. The lowest BCUT2D eigenvalue weighted by Crippen LogP contribution is -2.44. The van der Waals surface area contributed by atoms with E-state index in [0.717, 1.165) is 31.2 Å². The molecule has 0 aromatic heterocycles. The van der Waals surface area contributed by atoms with E-state index in [1.54, 1.807) is 23.1 Å². The summed E-state index contributed by atoms with van der Waals surface area (Å²) in [4.78, 5) is 26.8. The summed E-state index contributed by atoms with van der Waals surface area (Å²) >= 11 is 0. The minimum atomic E-state index is -0.230. The number of likely N-dealkylation sites (tertiary alicyclic amines) is 1. The molecular weight excluding hydrogens is 384 g/mol. The van der Waals surface area contributed by atoms with Gasteiger partial charge in [-0.2, -0.15) is 0 Å². The molecule has 2 aliphatic rings. The molecular formula is C23H34N2O5. The number of piperidine rings is 1. The van der Waals surface area contributed by atoms with Gasteiger partial charge in [-0.3, -0.25) is 4.79 Å². The van der Waals surface area contributed by atoms with E-state index in [4.69, 9.17) is 9.47 Å². The van der Waals surface area contributed by atoms with Crippen molar-refractivity contribution in [1.29, 1.82) is 0 Å². The lowest BCUT2D eigenvalue weighted by atomic mass is 9.85. The standard InChI is InChI=1S/C23H34N2O5/c1-3-16-5-4-6-19(13-16)30-23(28)25-11-9-18(10-12-25)22(27)24-15-17-7-8-20(26)21(14-17)29-2/h7-8,14,16,18-19,26H,3-6,9-13,15H2,1-2H3,(H,24,27). The number of phenolic OH excluding ortho intramolecular Hbond substituents is 1. The molecule has 0 spiro atoms. The molecule has 166 valence electrons. The van der Waals surface area contributed by atoms with Crippen molar-refractivity contribution in [2.24, 2.45) is 11.8 Å². The molecule has 1 aliphatic heterocycles. The minimum Gasteiger partial charge on any atom is -0.504 e. The summed E-state index contributed by atoms with van der Waals surface area (Å²) in [6, 6.07) is 5.02. The van der Waals surface area contributed by atoms with Gasteiger partial charge in [-0.05, 0) is 55.7 Å². The van der Waals surface area contributed by atoms with E-state index in [9.17, 15) is 14.7 Å². The molecule has 1 aromatic rings. The van der Waals surface area contributed by atoms with Crippen LogP contribution in [0.4, 0.5) is 4.79 Å². The van der Waals surface area contributed by atoms with Gasteiger partial charge >= 0.3 is 6.09 Å². The van der Waals surface area contributed by atoms with Crippen molar-refractivity contribution >= 4 is 12.0 Å². The van der Waals surface area contributed by atoms with Gasteiger partial charge in [0.25, 0.3) is 0 Å². The Hall–Kier alpha value is -2.44. The Balaban J connectivity index is 1.41. The van der Waals surface area contributed by atoms with Crippen LogP contribution in [-0.4, -0.2) is 48.3 Å². The fourth-order valence-corrected chi connectivity index (χ4v) is 4.43. The number of amides is 2. The van der Waals surface area contributed by atoms with Gasteiger partial charge in [0, 0.05) is 25.6 Å². The van der Waals surface area contributed by atoms with Crippen molar-refractivity contribution in [1.82, 2.24) is 10.2 Å². The van der Waals surface area contributed by atoms with Crippen LogP contribution < -0.4 is 10.1 Å². The zero-order valence-electron chi connectivity index (χ0n) is 18.1. The second kappa shape index (κ2) is 10.5. The maximum Gasteiger partial charge on any atom is 0.410 e. The van der Waals surface area contributed by atoms with Crippen LogP contribution in [0, 0.1) is 11.8 Å². The second-order valence-electron chi connectivity index (χ2n) is 8.43. The molecule has 0 radical (unpaired) electrons. The Morgan fingerprint density at radius 1 is 1.20 bits per heavy atom. The molecule has 1 heterocycles. The number of carbonyl (C=O) groups is 2. The third-order valence-corrected chi connectivity index (χ3v) is 6.41. The number of aromatic hydroxyl groups is 1. The van der Waals surface area contributed by atoms with E-state index < -0.39 is 0 Å². The number of nitrogens with one attached hydrogen (secondary N) is 1. The highest BCUT2D eigenvalue weighted by Gasteiger charge is 2.30. The molecule has 1 saturated heterocycles. The van der Waals surface area contributed by atoms with Gasteiger partial charge in [-0.25, -0.2) is 4.79 Å². The lowest BCUT2D eigenvalue weighted by molar-refractivity contribution is -0.126. The zero-order chi connectivity index (χ0) is 21.5. The van der Waals surface area contributed by atoms with E-state index in [1.807, 2.05) is 0 Å². The van der Waals surface area contributed by atoms with Crippen molar-refractivity contribution < 1.29 is 24.2 Å². The van der Waals surface area contributed by atoms with Crippen LogP contribution in [0.1, 0.15) is 57.4 Å². The van der Waals surface area contributed by atoms with Gasteiger partial charge in [0.05, 0.1) is 7.11 Å². The largest absolute Gasteiger partial charge is 0.504 e. The van der Waals surface area contributed by atoms with Crippen molar-refractivity contribution in [2.75, 3.05) is 20.2 Å². The lowest BCUT2D eigenvalue weighted by Gasteiger charge is -2.34. The van der Waals surface area contributed by atoms with Crippen molar-refractivity contribution in [2.45, 2.75) is 64.5 Å². The first-order chi connectivity index (χ1) is 14.5. The van der Waals surface area contributed by atoms with E-state index >= 15 is 0 Å². The highest BCUT2D eigenvalue weighted by Crippen LogP contribution is 2.29. The first kappa shape index (κ1) is 22.2. The molecule has 2 fully saturated rings. The Labute approximate surface area is 178 Å². The second-order valence-corrected chi connectivity index (χ2v) is 8.43. The van der Waals surface area contributed by atoms with Crippen molar-refractivity contribution in [3.05, 3.63) is 23.8 Å². The fourth-order valence-electron chi connectivity index (χ4n) is 4.43. The van der Waals surface area contributed by atoms with Crippen LogP contribution >= 0.6 is 0 Å². The summed E-state index contributed by atoms with van der Waals surface area (Å²) in [5.74, 6) is 1.02. The van der Waals surface area contributed by atoms with Gasteiger partial charge in [-0.15, -0.1) is 0 Å². The average molecular weight is 419 g/mol. The third-order valence-electron chi connectivity index (χ3n) is 6.41. The molecule has 2 N–H and O–H groups in total. The van der Waals surface area contributed by atoms with E-state index in [0.29, 0.717) is 44.1 Å². The van der Waals surface area contributed by atoms with Crippen LogP contribution in [0.15, 0.2) is 18.2 Å². The van der Waals surface area contributed by atoms with Crippen molar-refractivity contribution in [3.63, 3.8) is 0 Å². The highest BCUT2D eigenvalue weighted by atomic mass is 16.6. The van der Waals surface area contributed by atoms with Crippen LogP contribution in [0.3, 0.4) is 0 Å². The topological polar surface area (TPSA) is 88.1 Å². The summed E-state index contributed by atoms with van der Waals surface area (Å²) in [6.07, 6.45) is 6.54. The average Bonchev–Trinajstić information content (AvgIpc) is 2.78. The van der Waals surface area contributed by atoms with Crippen molar-refractivity contribution in [3.8, 4) is 11.5 Å². The Bertz CT molecular complexity index is 730. The van der Waals surface area contributed by atoms with Gasteiger partial charge in [0.1, 0.15) is 6.10 Å². The highest BCUT2D eigenvalue weighted by molar-refractivity contribution is 5.79. The molecule has 1 aliphatic carbocycles. The number of benzene rings is 1. The minimum absolute atomic E-state index is 0.00636. The molecule has 2 amide bonds. The predicted octanol–water partition coefficient (Wildman–Crippen LogP) is 3.83. The van der Waals surface area contributed by atoms with Gasteiger partial charge < -0.3 is 24.8 Å². The molecule has 30 heavy (non-hydrogen) atoms. The number of hydrogen-bond donors (Lipinski definition) is 2. The molecule has 7 heteroatoms. The predicted molar refractivity (Wildman–Crippen MR) is 113 cm³/mol. The summed E-state index contributed by atoms with van der Waals surface area (Å²) < 4.78 is 10.8. The first-order valence-electron chi connectivity index (χ1n) is 11.1. The van der Waals surface area contributed by atoms with Crippen LogP contribution in [0.2, 0.25) is 0 Å². The third kappa shape index (κ3) is 5.80. The molecule has 2 atom stereocenters. The van der Waals surface area contributed by atoms with Crippen LogP contribution in [-0.2, 0) is 16.1 Å². The number of ether oxygens (including phenoxy) is 2. The molecule has 1 aromatic carbocycles. The number of hydrogen-bond acceptors (Lipinski definition) is 5. The summed E-state index contributed by atoms with van der Waals surface area (Å²) in [5, 5.41) is 12.6. The molecule has 1 saturated carbocycles. The monoisotopic (exact) mass is 418 g/mol. The van der Waals surface area contributed by atoms with Crippen LogP contribution in [0.5, 0.6) is 11.5 Å². The summed E-state index contributed by atoms with van der Waals surface area (Å²) in [6.45, 7) is 3.67. The van der Waals surface area contributed by atoms with E-state index in [2.05, 4.69) is 12.2 Å². The zero-order valence-corrected chi connectivity index (χ0v) is 18.1. The maximum absolute atomic E-state index is 12.5. The number of nitrogens with zero attached hydrogens (tertiary/aromatic N) is 1. The van der Waals surface area contributed by atoms with Gasteiger partial charge in [0.15, 0.2) is 11.5 Å². The molecule has 7 nitrogen and oxygen atoms in total. The first-order valence-corrected chi connectivity index (χ1v) is 11.1. The molecule has 0 bridgehead atoms. The van der Waals surface area contributed by atoms with Gasteiger partial charge in [0.2, 0.25) is 5.91 Å². The molecule has 3 rings (SSSR count). The number of phenols is 1. The Kier molecular flexibility index (Phi) is 7.82. The Morgan fingerprint density at radius 2 is 1.97 bits per heavy atom. The SMILES string of the molecule is CCC1CCCC(OC(=O)N2CCC(C(=O)NCc3ccc(O)c(OC)c3)CC2)C1. The van der Waals surface area contributed by atoms with Gasteiger partial charge in [-0.1, -0.05) is 25.8 Å². The fraction of sp³-hybridized carbons (Fsp3) is 0.652. The number of carbonyl (C=O) groups excluding carboxylic acids is 2. The van der Waals surface area contributed by atoms with E-state index in [1.165, 1.54) is 13.5 Å². The maximum atomic E-state index is 12.5. The number of methoxy groups -OCH3 is 1. The smallest absolute Gasteiger partial charge is 0.410 e. The van der Waals surface area contributed by atoms with E-state index in [-0.39, 0.29) is 29.8 Å².